The number of carbonyl (C=O) groups is 1. The Bertz CT molecular complexity index is 1230. The largest absolute Gasteiger partial charge is 0.412 e. The number of hydrogen-bond acceptors (Lipinski definition) is 7. The summed E-state index contributed by atoms with van der Waals surface area (Å²) in [4.78, 5) is 16.9. The maximum atomic E-state index is 12.6. The third-order valence-electron chi connectivity index (χ3n) is 3.98. The molecular weight excluding hydrogens is 366 g/mol. The number of pyridine rings is 1. The van der Waals surface area contributed by atoms with Crippen molar-refractivity contribution in [3.8, 4) is 0 Å². The topological polar surface area (TPSA) is 103 Å². The van der Waals surface area contributed by atoms with Crippen molar-refractivity contribution in [2.75, 3.05) is 0 Å². The maximum absolute atomic E-state index is 12.6. The van der Waals surface area contributed by atoms with E-state index in [1.54, 1.807) is 42.6 Å². The molecule has 8 heteroatoms. The normalized spacial score (nSPS) is 11.6. The molecule has 2 heterocycles. The summed E-state index contributed by atoms with van der Waals surface area (Å²) in [5, 5.41) is 7.62. The summed E-state index contributed by atoms with van der Waals surface area (Å²) in [6.45, 7) is 0. The number of ketones is 1. The summed E-state index contributed by atoms with van der Waals surface area (Å²) >= 11 is 0. The first-order valence-corrected chi connectivity index (χ1v) is 9.53. The lowest BCUT2D eigenvalue weighted by molar-refractivity contribution is 0.0985. The van der Waals surface area contributed by atoms with E-state index in [1.165, 1.54) is 12.1 Å². The van der Waals surface area contributed by atoms with Gasteiger partial charge in [0.2, 0.25) is 5.89 Å². The fourth-order valence-corrected chi connectivity index (χ4v) is 3.75. The smallest absolute Gasteiger partial charge is 0.340 e. The minimum absolute atomic E-state index is 0.0461. The van der Waals surface area contributed by atoms with Crippen LogP contribution < -0.4 is 0 Å². The third kappa shape index (κ3) is 3.22. The highest BCUT2D eigenvalue weighted by Gasteiger charge is 2.25. The van der Waals surface area contributed by atoms with E-state index in [-0.39, 0.29) is 23.0 Å². The van der Waals surface area contributed by atoms with Crippen LogP contribution in [-0.4, -0.2) is 29.4 Å². The molecule has 0 unspecified atom stereocenters. The van der Waals surface area contributed by atoms with Gasteiger partial charge in [-0.3, -0.25) is 9.78 Å². The van der Waals surface area contributed by atoms with Gasteiger partial charge >= 0.3 is 5.22 Å². The average Bonchev–Trinajstić information content (AvgIpc) is 3.17. The second kappa shape index (κ2) is 6.73. The van der Waals surface area contributed by atoms with Crippen molar-refractivity contribution < 1.29 is 17.6 Å². The van der Waals surface area contributed by atoms with E-state index in [9.17, 15) is 13.2 Å². The molecule has 2 aromatic heterocycles. The molecule has 4 rings (SSSR count). The van der Waals surface area contributed by atoms with E-state index in [0.717, 1.165) is 5.39 Å². The van der Waals surface area contributed by atoms with E-state index >= 15 is 0 Å². The van der Waals surface area contributed by atoms with Crippen molar-refractivity contribution in [2.45, 2.75) is 16.5 Å². The number of sulfone groups is 1. The molecule has 2 aromatic carbocycles. The highest BCUT2D eigenvalue weighted by molar-refractivity contribution is 7.91. The fraction of sp³-hybridized carbons (Fsp3) is 0.0526. The highest BCUT2D eigenvalue weighted by Crippen LogP contribution is 2.21. The molecule has 0 aliphatic carbocycles. The molecule has 134 valence electrons. The number of fused-ring (bicyclic) bond motifs is 1. The maximum Gasteiger partial charge on any atom is 0.340 e. The average molecular weight is 379 g/mol. The second-order valence-electron chi connectivity index (χ2n) is 5.76. The minimum Gasteiger partial charge on any atom is -0.412 e. The standard InChI is InChI=1S/C19H13N3O4S/c23-16(15-10-4-6-13-7-5-11-20-18(13)15)12-17-21-22-19(26-17)27(24,25)14-8-2-1-3-9-14/h1-11H,12H2. The Labute approximate surface area is 154 Å². The van der Waals surface area contributed by atoms with Crippen LogP contribution in [0.1, 0.15) is 16.2 Å². The Morgan fingerprint density at radius 3 is 2.52 bits per heavy atom. The van der Waals surface area contributed by atoms with E-state index in [2.05, 4.69) is 15.2 Å². The number of nitrogens with zero attached hydrogens (tertiary/aromatic N) is 3. The number of Topliss-reactive ketones (excluding diaryl/α,β-unsaturated/α-hetero) is 1. The van der Waals surface area contributed by atoms with Gasteiger partial charge in [0.25, 0.3) is 9.84 Å². The first kappa shape index (κ1) is 17.0. The summed E-state index contributed by atoms with van der Waals surface area (Å²) in [7, 11) is -3.92. The zero-order valence-corrected chi connectivity index (χ0v) is 14.8. The molecule has 27 heavy (non-hydrogen) atoms. The first-order valence-electron chi connectivity index (χ1n) is 8.05. The molecule has 0 N–H and O–H groups in total. The number of aromatic nitrogens is 3. The molecule has 0 spiro atoms. The van der Waals surface area contributed by atoms with Gasteiger partial charge in [-0.2, -0.15) is 0 Å². The molecule has 4 aromatic rings. The second-order valence-corrected chi connectivity index (χ2v) is 7.59. The van der Waals surface area contributed by atoms with E-state index in [4.69, 9.17) is 4.42 Å². The van der Waals surface area contributed by atoms with Crippen LogP contribution >= 0.6 is 0 Å². The molecule has 0 saturated carbocycles. The molecule has 7 nitrogen and oxygen atoms in total. The quantitative estimate of drug-likeness (QED) is 0.491. The van der Waals surface area contributed by atoms with E-state index in [0.29, 0.717) is 11.1 Å². The number of carbonyl (C=O) groups excluding carboxylic acids is 1. The van der Waals surface area contributed by atoms with Gasteiger partial charge in [0.05, 0.1) is 16.8 Å². The van der Waals surface area contributed by atoms with Gasteiger partial charge in [-0.05, 0) is 24.3 Å². The Kier molecular flexibility index (Phi) is 4.25. The van der Waals surface area contributed by atoms with Crippen molar-refractivity contribution >= 4 is 26.5 Å². The van der Waals surface area contributed by atoms with Crippen molar-refractivity contribution in [2.24, 2.45) is 0 Å². The van der Waals surface area contributed by atoms with Crippen molar-refractivity contribution in [3.05, 3.63) is 78.3 Å². The lowest BCUT2D eigenvalue weighted by Gasteiger charge is -2.03. The van der Waals surface area contributed by atoms with Crippen LogP contribution in [0, 0.1) is 0 Å². The number of para-hydroxylation sites is 1. The lowest BCUT2D eigenvalue weighted by atomic mass is 10.0. The minimum atomic E-state index is -3.92. The highest BCUT2D eigenvalue weighted by atomic mass is 32.2. The predicted octanol–water partition coefficient (Wildman–Crippen LogP) is 2.88. The van der Waals surface area contributed by atoms with Gasteiger partial charge in [0.1, 0.15) is 0 Å². The van der Waals surface area contributed by atoms with Crippen LogP contribution in [0.2, 0.25) is 0 Å². The Balaban J connectivity index is 1.62. The molecule has 0 aliphatic heterocycles. The molecule has 0 fully saturated rings. The Morgan fingerprint density at radius 1 is 0.926 bits per heavy atom. The van der Waals surface area contributed by atoms with Crippen LogP contribution in [0.15, 0.2) is 81.4 Å². The first-order chi connectivity index (χ1) is 13.1. The van der Waals surface area contributed by atoms with Gasteiger partial charge in [-0.1, -0.05) is 41.5 Å². The van der Waals surface area contributed by atoms with Crippen LogP contribution in [0.3, 0.4) is 0 Å². The van der Waals surface area contributed by atoms with Crippen molar-refractivity contribution in [1.82, 2.24) is 15.2 Å². The third-order valence-corrected chi connectivity index (χ3v) is 5.49. The SMILES string of the molecule is O=C(Cc1nnc(S(=O)(=O)c2ccccc2)o1)c1cccc2cccnc12. The number of benzene rings is 2. The molecule has 0 amide bonds. The summed E-state index contributed by atoms with van der Waals surface area (Å²) in [6, 6.07) is 16.7. The van der Waals surface area contributed by atoms with E-state index < -0.39 is 15.1 Å². The van der Waals surface area contributed by atoms with Gasteiger partial charge in [0, 0.05) is 17.1 Å². The van der Waals surface area contributed by atoms with Crippen LogP contribution in [0.25, 0.3) is 10.9 Å². The summed E-state index contributed by atoms with van der Waals surface area (Å²) < 4.78 is 30.2. The van der Waals surface area contributed by atoms with E-state index in [1.807, 2.05) is 12.1 Å². The van der Waals surface area contributed by atoms with Gasteiger partial charge in [-0.25, -0.2) is 8.42 Å². The summed E-state index contributed by atoms with van der Waals surface area (Å²) in [6.07, 6.45) is 1.39. The van der Waals surface area contributed by atoms with Gasteiger partial charge < -0.3 is 4.42 Å². The monoisotopic (exact) mass is 379 g/mol. The Morgan fingerprint density at radius 2 is 1.70 bits per heavy atom. The Hall–Kier alpha value is -3.39. The molecule has 0 atom stereocenters. The summed E-state index contributed by atoms with van der Waals surface area (Å²) in [5.74, 6) is -0.353. The van der Waals surface area contributed by atoms with Gasteiger partial charge in [0.15, 0.2) is 5.78 Å². The molecule has 0 saturated heterocycles. The zero-order valence-electron chi connectivity index (χ0n) is 13.9. The van der Waals surface area contributed by atoms with Gasteiger partial charge in [-0.15, -0.1) is 5.10 Å². The number of hydrogen-bond donors (Lipinski definition) is 0. The van der Waals surface area contributed by atoms with Crippen molar-refractivity contribution in [3.63, 3.8) is 0 Å². The number of rotatable bonds is 5. The van der Waals surface area contributed by atoms with Crippen LogP contribution in [0.5, 0.6) is 0 Å². The molecule has 0 radical (unpaired) electrons. The fourth-order valence-electron chi connectivity index (χ4n) is 2.68. The molecule has 0 bridgehead atoms. The summed E-state index contributed by atoms with van der Waals surface area (Å²) in [5.41, 5.74) is 0.986. The molecule has 0 aliphatic rings. The lowest BCUT2D eigenvalue weighted by Crippen LogP contribution is -2.05. The van der Waals surface area contributed by atoms with Crippen molar-refractivity contribution in [1.29, 1.82) is 0 Å². The van der Waals surface area contributed by atoms with Crippen LogP contribution in [0.4, 0.5) is 0 Å². The zero-order chi connectivity index (χ0) is 18.9. The predicted molar refractivity (Wildman–Crippen MR) is 96.0 cm³/mol. The molecular formula is C19H13N3O4S. The van der Waals surface area contributed by atoms with Crippen LogP contribution in [-0.2, 0) is 16.3 Å².